The molecule has 3 aliphatic rings. The van der Waals surface area contributed by atoms with Gasteiger partial charge in [0.25, 0.3) is 0 Å². The van der Waals surface area contributed by atoms with Crippen molar-refractivity contribution in [1.82, 2.24) is 0 Å². The number of carbonyl (C=O) groups is 3. The number of aliphatic hydroxyl groups is 1. The molecule has 1 N–H and O–H groups in total. The van der Waals surface area contributed by atoms with Gasteiger partial charge in [0.05, 0.1) is 18.8 Å². The van der Waals surface area contributed by atoms with Gasteiger partial charge in [0.15, 0.2) is 0 Å². The van der Waals surface area contributed by atoms with Crippen molar-refractivity contribution in [3.05, 3.63) is 35.4 Å². The van der Waals surface area contributed by atoms with Crippen LogP contribution in [0.5, 0.6) is 0 Å². The lowest BCUT2D eigenvalue weighted by Gasteiger charge is -2.36. The van der Waals surface area contributed by atoms with E-state index in [1.807, 2.05) is 24.3 Å². The number of ketones is 2. The van der Waals surface area contributed by atoms with Crippen molar-refractivity contribution in [3.8, 4) is 0 Å². The molecule has 1 saturated carbocycles. The fourth-order valence-electron chi connectivity index (χ4n) is 4.32. The van der Waals surface area contributed by atoms with Crippen LogP contribution >= 0.6 is 0 Å². The third-order valence-electron chi connectivity index (χ3n) is 5.29. The van der Waals surface area contributed by atoms with Gasteiger partial charge in [0, 0.05) is 11.8 Å². The van der Waals surface area contributed by atoms with E-state index in [4.69, 9.17) is 4.74 Å². The van der Waals surface area contributed by atoms with Crippen molar-refractivity contribution in [2.24, 2.45) is 11.8 Å². The molecular formula is C17H16O5. The maximum Gasteiger partial charge on any atom is 0.308 e. The molecular weight excluding hydrogens is 284 g/mol. The van der Waals surface area contributed by atoms with Crippen LogP contribution in [0.3, 0.4) is 0 Å². The van der Waals surface area contributed by atoms with E-state index < -0.39 is 12.3 Å². The monoisotopic (exact) mass is 300 g/mol. The van der Waals surface area contributed by atoms with Crippen LogP contribution in [-0.4, -0.2) is 28.9 Å². The molecule has 114 valence electrons. The number of hydrogen-bond acceptors (Lipinski definition) is 5. The summed E-state index contributed by atoms with van der Waals surface area (Å²) >= 11 is 0. The van der Waals surface area contributed by atoms with Crippen LogP contribution in [0.1, 0.15) is 42.2 Å². The van der Waals surface area contributed by atoms with Crippen LogP contribution in [0.25, 0.3) is 0 Å². The number of fused-ring (bicyclic) bond motifs is 3. The molecule has 2 fully saturated rings. The van der Waals surface area contributed by atoms with E-state index in [0.29, 0.717) is 6.42 Å². The molecule has 1 aromatic carbocycles. The highest BCUT2D eigenvalue weighted by Gasteiger charge is 2.51. The van der Waals surface area contributed by atoms with E-state index in [1.165, 1.54) is 0 Å². The van der Waals surface area contributed by atoms with Crippen molar-refractivity contribution in [3.63, 3.8) is 0 Å². The van der Waals surface area contributed by atoms with Gasteiger partial charge in [0.1, 0.15) is 11.6 Å². The summed E-state index contributed by atoms with van der Waals surface area (Å²) < 4.78 is 4.87. The molecule has 0 amide bonds. The fraction of sp³-hybridized carbons (Fsp3) is 0.471. The number of hydrogen-bond donors (Lipinski definition) is 1. The average molecular weight is 300 g/mol. The van der Waals surface area contributed by atoms with Gasteiger partial charge >= 0.3 is 5.97 Å². The number of esters is 1. The number of aliphatic hydroxyl groups excluding tert-OH is 1. The van der Waals surface area contributed by atoms with E-state index in [9.17, 15) is 19.5 Å². The molecule has 5 nitrogen and oxygen atoms in total. The predicted octanol–water partition coefficient (Wildman–Crippen LogP) is 1.30. The van der Waals surface area contributed by atoms with Gasteiger partial charge in [-0.2, -0.15) is 0 Å². The summed E-state index contributed by atoms with van der Waals surface area (Å²) in [5.74, 6) is -1.60. The molecule has 5 heteroatoms. The largest absolute Gasteiger partial charge is 0.436 e. The summed E-state index contributed by atoms with van der Waals surface area (Å²) in [5.41, 5.74) is 1.85. The lowest BCUT2D eigenvalue weighted by atomic mass is 9.67. The Morgan fingerprint density at radius 1 is 1.00 bits per heavy atom. The van der Waals surface area contributed by atoms with Gasteiger partial charge in [-0.3, -0.25) is 14.4 Å². The van der Waals surface area contributed by atoms with Crippen molar-refractivity contribution < 1.29 is 24.2 Å². The molecule has 1 aliphatic heterocycles. The summed E-state index contributed by atoms with van der Waals surface area (Å²) in [6.45, 7) is 0. The summed E-state index contributed by atoms with van der Waals surface area (Å²) in [6, 6.07) is 7.57. The Hall–Kier alpha value is -2.01. The maximum atomic E-state index is 12.2. The zero-order valence-corrected chi connectivity index (χ0v) is 11.9. The topological polar surface area (TPSA) is 80.7 Å². The standard InChI is InChI=1S/C17H16O5/c18-13-7-14(19)16-9-4-2-1-3-8(9)10(5-12(13)16)11-6-15(20)22-17(11)21/h1-4,10-12,16-17,21H,5-7H2. The van der Waals surface area contributed by atoms with Gasteiger partial charge in [0.2, 0.25) is 6.29 Å². The van der Waals surface area contributed by atoms with Crippen LogP contribution in [0.2, 0.25) is 0 Å². The summed E-state index contributed by atoms with van der Waals surface area (Å²) in [5, 5.41) is 10.0. The quantitative estimate of drug-likeness (QED) is 0.624. The minimum atomic E-state index is -1.13. The van der Waals surface area contributed by atoms with Crippen LogP contribution < -0.4 is 0 Å². The van der Waals surface area contributed by atoms with Gasteiger partial charge in [-0.05, 0) is 23.5 Å². The van der Waals surface area contributed by atoms with E-state index in [-0.39, 0.29) is 48.1 Å². The summed E-state index contributed by atoms with van der Waals surface area (Å²) in [7, 11) is 0. The third-order valence-corrected chi connectivity index (χ3v) is 5.29. The second kappa shape index (κ2) is 4.74. The van der Waals surface area contributed by atoms with Gasteiger partial charge in [-0.25, -0.2) is 0 Å². The molecule has 5 atom stereocenters. The van der Waals surface area contributed by atoms with Crippen molar-refractivity contribution in [2.75, 3.05) is 0 Å². The normalized spacial score (nSPS) is 37.0. The number of rotatable bonds is 1. The highest BCUT2D eigenvalue weighted by atomic mass is 16.6. The minimum Gasteiger partial charge on any atom is -0.436 e. The zero-order chi connectivity index (χ0) is 15.4. The lowest BCUT2D eigenvalue weighted by Crippen LogP contribution is -2.32. The third kappa shape index (κ3) is 1.85. The number of cyclic esters (lactones) is 1. The molecule has 0 radical (unpaired) electrons. The number of Topliss-reactive ketones (excluding diaryl/α,β-unsaturated/α-hetero) is 2. The Balaban J connectivity index is 1.79. The predicted molar refractivity (Wildman–Crippen MR) is 74.9 cm³/mol. The first-order valence-electron chi connectivity index (χ1n) is 7.58. The highest BCUT2D eigenvalue weighted by molar-refractivity contribution is 6.11. The van der Waals surface area contributed by atoms with Crippen molar-refractivity contribution >= 4 is 17.5 Å². The van der Waals surface area contributed by atoms with E-state index >= 15 is 0 Å². The first-order chi connectivity index (χ1) is 10.6. The molecule has 5 unspecified atom stereocenters. The molecule has 1 aromatic rings. The molecule has 1 saturated heterocycles. The summed E-state index contributed by atoms with van der Waals surface area (Å²) in [6.07, 6.45) is -0.474. The van der Waals surface area contributed by atoms with Crippen molar-refractivity contribution in [2.45, 2.75) is 37.4 Å². The van der Waals surface area contributed by atoms with E-state index in [2.05, 4.69) is 0 Å². The molecule has 0 spiro atoms. The number of carbonyl (C=O) groups excluding carboxylic acids is 3. The molecule has 0 aromatic heterocycles. The Morgan fingerprint density at radius 3 is 2.41 bits per heavy atom. The molecule has 1 heterocycles. The smallest absolute Gasteiger partial charge is 0.308 e. The molecule has 4 rings (SSSR count). The Bertz CT molecular complexity index is 679. The second-order valence-electron chi connectivity index (χ2n) is 6.41. The fourth-order valence-corrected chi connectivity index (χ4v) is 4.32. The van der Waals surface area contributed by atoms with Crippen LogP contribution in [0, 0.1) is 11.8 Å². The summed E-state index contributed by atoms with van der Waals surface area (Å²) in [4.78, 5) is 35.8. The van der Waals surface area contributed by atoms with Gasteiger partial charge in [-0.1, -0.05) is 24.3 Å². The Kier molecular flexibility index (Phi) is 2.94. The second-order valence-corrected chi connectivity index (χ2v) is 6.41. The first kappa shape index (κ1) is 13.6. The molecule has 22 heavy (non-hydrogen) atoms. The lowest BCUT2D eigenvalue weighted by molar-refractivity contribution is -0.156. The van der Waals surface area contributed by atoms with Crippen LogP contribution in [0.4, 0.5) is 0 Å². The Morgan fingerprint density at radius 2 is 1.73 bits per heavy atom. The Labute approximate surface area is 127 Å². The van der Waals surface area contributed by atoms with Crippen molar-refractivity contribution in [1.29, 1.82) is 0 Å². The number of benzene rings is 1. The average Bonchev–Trinajstić information content (AvgIpc) is 2.97. The van der Waals surface area contributed by atoms with Gasteiger partial charge in [-0.15, -0.1) is 0 Å². The zero-order valence-electron chi connectivity index (χ0n) is 11.9. The van der Waals surface area contributed by atoms with E-state index in [1.54, 1.807) is 0 Å². The van der Waals surface area contributed by atoms with Gasteiger partial charge < -0.3 is 9.84 Å². The first-order valence-corrected chi connectivity index (χ1v) is 7.58. The molecule has 2 aliphatic carbocycles. The minimum absolute atomic E-state index is 0.000954. The van der Waals surface area contributed by atoms with Crippen LogP contribution in [0.15, 0.2) is 24.3 Å². The van der Waals surface area contributed by atoms with Crippen LogP contribution in [-0.2, 0) is 19.1 Å². The SMILES string of the molecule is O=C1CC(C2CC3C(=O)CC(=O)C3c3ccccc32)C(O)O1. The highest BCUT2D eigenvalue weighted by Crippen LogP contribution is 2.51. The molecule has 0 bridgehead atoms. The van der Waals surface area contributed by atoms with E-state index in [0.717, 1.165) is 11.1 Å². The number of ether oxygens (including phenoxy) is 1. The maximum absolute atomic E-state index is 12.2.